The van der Waals surface area contributed by atoms with Gasteiger partial charge in [-0.15, -0.1) is 21.5 Å². The Kier molecular flexibility index (Phi) is 5.66. The lowest BCUT2D eigenvalue weighted by Gasteiger charge is -2.18. The van der Waals surface area contributed by atoms with Crippen LogP contribution in [0.5, 0.6) is 0 Å². The second-order valence-corrected chi connectivity index (χ2v) is 9.73. The Morgan fingerprint density at radius 2 is 1.88 bits per heavy atom. The molecule has 4 heterocycles. The average molecular weight is 492 g/mol. The molecule has 8 nitrogen and oxygen atoms in total. The van der Waals surface area contributed by atoms with Crippen molar-refractivity contribution in [1.29, 1.82) is 0 Å². The Labute approximate surface area is 205 Å². The highest BCUT2D eigenvalue weighted by atomic mass is 35.5. The number of nitrogens with zero attached hydrogens (tertiary/aromatic N) is 6. The summed E-state index contributed by atoms with van der Waals surface area (Å²) in [5, 5.41) is 20.2. The summed E-state index contributed by atoms with van der Waals surface area (Å²) < 4.78 is 2.06. The standard InChI is InChI=1S/C24H22ClN7OS/c1-13-14(2)34-23-21(13)22(18-5-7-19(25)8-6-18)30-31(24-29-28-15(3)32(23)24)12-17-9-10-26-20(11-17)27-16(4)33/h5-11H,12H2,1-4H3,(H,26,27,33). The van der Waals surface area contributed by atoms with E-state index in [0.717, 1.165) is 33.2 Å². The molecule has 0 saturated carbocycles. The Bertz CT molecular complexity index is 1440. The van der Waals surface area contributed by atoms with Gasteiger partial charge in [0.25, 0.3) is 5.95 Å². The van der Waals surface area contributed by atoms with E-state index in [4.69, 9.17) is 16.7 Å². The zero-order chi connectivity index (χ0) is 24.0. The number of thiophene rings is 1. The molecule has 0 radical (unpaired) electrons. The number of pyridine rings is 1. The van der Waals surface area contributed by atoms with E-state index >= 15 is 0 Å². The van der Waals surface area contributed by atoms with Crippen LogP contribution in [-0.4, -0.2) is 31.4 Å². The number of hydrogen-bond donors (Lipinski definition) is 1. The molecule has 1 aromatic carbocycles. The molecule has 0 unspecified atom stereocenters. The fourth-order valence-corrected chi connectivity index (χ4v) is 5.26. The van der Waals surface area contributed by atoms with Gasteiger partial charge >= 0.3 is 0 Å². The Hall–Kier alpha value is -3.56. The molecular weight excluding hydrogens is 470 g/mol. The molecule has 1 aliphatic rings. The largest absolute Gasteiger partial charge is 0.311 e. The van der Waals surface area contributed by atoms with E-state index in [1.807, 2.05) is 48.3 Å². The van der Waals surface area contributed by atoms with E-state index in [9.17, 15) is 4.79 Å². The Morgan fingerprint density at radius 3 is 2.62 bits per heavy atom. The summed E-state index contributed by atoms with van der Waals surface area (Å²) in [7, 11) is 0. The molecule has 1 amide bonds. The van der Waals surface area contributed by atoms with Crippen LogP contribution < -0.4 is 10.3 Å². The minimum absolute atomic E-state index is 0.173. The lowest BCUT2D eigenvalue weighted by molar-refractivity contribution is -0.114. The van der Waals surface area contributed by atoms with Gasteiger partial charge in [-0.3, -0.25) is 9.36 Å². The number of aromatic nitrogens is 4. The van der Waals surface area contributed by atoms with Gasteiger partial charge in [0.05, 0.1) is 6.54 Å². The number of halogens is 1. The Morgan fingerprint density at radius 1 is 1.12 bits per heavy atom. The summed E-state index contributed by atoms with van der Waals surface area (Å²) in [6.07, 6.45) is 1.67. The van der Waals surface area contributed by atoms with E-state index in [1.54, 1.807) is 17.5 Å². The van der Waals surface area contributed by atoms with Crippen LogP contribution >= 0.6 is 22.9 Å². The molecule has 10 heteroatoms. The molecule has 5 rings (SSSR count). The van der Waals surface area contributed by atoms with Crippen LogP contribution in [0.3, 0.4) is 0 Å². The first-order chi connectivity index (χ1) is 16.3. The van der Waals surface area contributed by atoms with Crippen molar-refractivity contribution in [2.45, 2.75) is 34.2 Å². The van der Waals surface area contributed by atoms with Gasteiger partial charge in [-0.2, -0.15) is 5.10 Å². The summed E-state index contributed by atoms with van der Waals surface area (Å²) in [4.78, 5) is 16.9. The number of anilines is 2. The quantitative estimate of drug-likeness (QED) is 0.432. The first-order valence-corrected chi connectivity index (χ1v) is 11.9. The van der Waals surface area contributed by atoms with Crippen LogP contribution in [0.4, 0.5) is 11.8 Å². The Balaban J connectivity index is 1.68. The molecule has 34 heavy (non-hydrogen) atoms. The van der Waals surface area contributed by atoms with Crippen LogP contribution in [0.1, 0.15) is 39.9 Å². The number of carbonyl (C=O) groups excluding carboxylic acids is 1. The molecule has 0 bridgehead atoms. The number of carbonyl (C=O) groups is 1. The van der Waals surface area contributed by atoms with Crippen molar-refractivity contribution in [3.05, 3.63) is 80.6 Å². The van der Waals surface area contributed by atoms with Crippen LogP contribution in [0.2, 0.25) is 5.02 Å². The second-order valence-electron chi connectivity index (χ2n) is 8.09. The van der Waals surface area contributed by atoms with E-state index < -0.39 is 0 Å². The smallest absolute Gasteiger partial charge is 0.253 e. The van der Waals surface area contributed by atoms with Crippen molar-refractivity contribution in [3.8, 4) is 5.00 Å². The number of fused-ring (bicyclic) bond motifs is 3. The number of nitrogens with one attached hydrogen (secondary N) is 1. The topological polar surface area (TPSA) is 88.3 Å². The summed E-state index contributed by atoms with van der Waals surface area (Å²) in [6, 6.07) is 11.4. The zero-order valence-electron chi connectivity index (χ0n) is 19.1. The highest BCUT2D eigenvalue weighted by Gasteiger charge is 2.30. The summed E-state index contributed by atoms with van der Waals surface area (Å²) in [5.41, 5.74) is 4.95. The number of amides is 1. The molecule has 3 aromatic heterocycles. The van der Waals surface area contributed by atoms with Gasteiger partial charge < -0.3 is 5.32 Å². The van der Waals surface area contributed by atoms with E-state index in [-0.39, 0.29) is 5.91 Å². The van der Waals surface area contributed by atoms with Gasteiger partial charge in [0.1, 0.15) is 22.4 Å². The van der Waals surface area contributed by atoms with Crippen molar-refractivity contribution in [2.75, 3.05) is 10.3 Å². The van der Waals surface area contributed by atoms with Gasteiger partial charge in [-0.05, 0) is 56.2 Å². The zero-order valence-corrected chi connectivity index (χ0v) is 20.7. The summed E-state index contributed by atoms with van der Waals surface area (Å²) >= 11 is 7.88. The van der Waals surface area contributed by atoms with Crippen molar-refractivity contribution < 1.29 is 4.79 Å². The molecule has 0 saturated heterocycles. The highest BCUT2D eigenvalue weighted by Crippen LogP contribution is 2.38. The lowest BCUT2D eigenvalue weighted by atomic mass is 10.00. The average Bonchev–Trinajstić information content (AvgIpc) is 3.26. The predicted molar refractivity (Wildman–Crippen MR) is 135 cm³/mol. The molecule has 1 N–H and O–H groups in total. The number of rotatable bonds is 4. The number of hydrogen-bond acceptors (Lipinski definition) is 7. The first kappa shape index (κ1) is 22.2. The third-order valence-corrected chi connectivity index (χ3v) is 7.09. The SMILES string of the molecule is CC(=O)Nc1cc(CN2N=C(c3ccc(Cl)cc3)c3c(sc(C)c3C)-n3c(C)nnc32)ccn1. The van der Waals surface area contributed by atoms with E-state index in [1.165, 1.54) is 17.4 Å². The third-order valence-electron chi connectivity index (χ3n) is 5.64. The monoisotopic (exact) mass is 491 g/mol. The van der Waals surface area contributed by atoms with Gasteiger partial charge in [0.2, 0.25) is 5.91 Å². The third kappa shape index (κ3) is 3.97. The molecule has 1 aliphatic heterocycles. The number of hydrazone groups is 1. The molecular formula is C24H22ClN7OS. The molecule has 0 fully saturated rings. The van der Waals surface area contributed by atoms with Crippen molar-refractivity contribution in [3.63, 3.8) is 0 Å². The van der Waals surface area contributed by atoms with E-state index in [2.05, 4.69) is 38.9 Å². The maximum atomic E-state index is 11.5. The minimum atomic E-state index is -0.173. The van der Waals surface area contributed by atoms with Crippen LogP contribution in [-0.2, 0) is 11.3 Å². The molecule has 172 valence electrons. The fraction of sp³-hybridized carbons (Fsp3) is 0.208. The predicted octanol–water partition coefficient (Wildman–Crippen LogP) is 5.03. The maximum Gasteiger partial charge on any atom is 0.253 e. The van der Waals surface area contributed by atoms with Gasteiger partial charge in [-0.1, -0.05) is 23.7 Å². The summed E-state index contributed by atoms with van der Waals surface area (Å²) in [6.45, 7) is 8.05. The van der Waals surface area contributed by atoms with Crippen LogP contribution in [0, 0.1) is 20.8 Å². The van der Waals surface area contributed by atoms with E-state index in [0.29, 0.717) is 23.3 Å². The van der Waals surface area contributed by atoms with Crippen molar-refractivity contribution in [1.82, 2.24) is 19.7 Å². The molecule has 0 aliphatic carbocycles. The van der Waals surface area contributed by atoms with Crippen molar-refractivity contribution in [2.24, 2.45) is 5.10 Å². The number of aryl methyl sites for hydroxylation is 2. The molecule has 0 atom stereocenters. The van der Waals surface area contributed by atoms with Gasteiger partial charge in [-0.25, -0.2) is 9.99 Å². The first-order valence-electron chi connectivity index (χ1n) is 10.7. The highest BCUT2D eigenvalue weighted by molar-refractivity contribution is 7.15. The minimum Gasteiger partial charge on any atom is -0.311 e. The summed E-state index contributed by atoms with van der Waals surface area (Å²) in [5.74, 6) is 1.73. The molecule has 4 aromatic rings. The van der Waals surface area contributed by atoms with Crippen LogP contribution in [0.15, 0.2) is 47.7 Å². The maximum absolute atomic E-state index is 11.5. The second kappa shape index (κ2) is 8.66. The normalized spacial score (nSPS) is 12.6. The van der Waals surface area contributed by atoms with Gasteiger partial charge in [0.15, 0.2) is 0 Å². The van der Waals surface area contributed by atoms with Crippen LogP contribution in [0.25, 0.3) is 5.00 Å². The lowest BCUT2D eigenvalue weighted by Crippen LogP contribution is -2.21. The fourth-order valence-electron chi connectivity index (χ4n) is 3.93. The van der Waals surface area contributed by atoms with Gasteiger partial charge in [0, 0.05) is 34.1 Å². The number of benzene rings is 1. The van der Waals surface area contributed by atoms with Crippen molar-refractivity contribution >= 4 is 46.3 Å². The molecule has 0 spiro atoms.